The highest BCUT2D eigenvalue weighted by molar-refractivity contribution is 6.21. The molecule has 0 spiro atoms. The second-order valence-corrected chi connectivity index (χ2v) is 10.3. The molecule has 0 fully saturated rings. The van der Waals surface area contributed by atoms with Gasteiger partial charge in [-0.15, -0.1) is 0 Å². The smallest absolute Gasteiger partial charge is 0.410 e. The molecule has 7 rings (SSSR count). The van der Waals surface area contributed by atoms with Crippen LogP contribution >= 0.6 is 0 Å². The Balaban J connectivity index is 1.03. The van der Waals surface area contributed by atoms with Crippen LogP contribution < -0.4 is 0 Å². The molecule has 8 nitrogen and oxygen atoms in total. The van der Waals surface area contributed by atoms with Crippen molar-refractivity contribution < 1.29 is 28.8 Å². The van der Waals surface area contributed by atoms with Gasteiger partial charge in [0.2, 0.25) is 0 Å². The number of benzene rings is 4. The Morgan fingerprint density at radius 3 is 1.95 bits per heavy atom. The molecule has 0 radical (unpaired) electrons. The van der Waals surface area contributed by atoms with Crippen molar-refractivity contribution in [3.63, 3.8) is 0 Å². The van der Waals surface area contributed by atoms with Crippen molar-refractivity contribution in [1.29, 1.82) is 0 Å². The number of amides is 3. The second-order valence-electron chi connectivity index (χ2n) is 10.3. The minimum Gasteiger partial charge on any atom is -0.448 e. The van der Waals surface area contributed by atoms with Gasteiger partial charge in [0, 0.05) is 19.0 Å². The predicted molar refractivity (Wildman–Crippen MR) is 148 cm³/mol. The molecule has 2 aliphatic heterocycles. The molecule has 0 unspecified atom stereocenters. The molecule has 202 valence electrons. The molecule has 0 bridgehead atoms. The van der Waals surface area contributed by atoms with E-state index < -0.39 is 23.9 Å². The number of carbonyl (C=O) groups excluding carboxylic acids is 4. The Bertz CT molecular complexity index is 1680. The third kappa shape index (κ3) is 4.15. The molecule has 4 aromatic carbocycles. The van der Waals surface area contributed by atoms with Gasteiger partial charge in [0.05, 0.1) is 16.7 Å². The number of ether oxygens (including phenoxy) is 1. The Morgan fingerprint density at radius 2 is 1.32 bits per heavy atom. The van der Waals surface area contributed by atoms with Gasteiger partial charge in [-0.25, -0.2) is 9.59 Å². The minimum atomic E-state index is -0.833. The number of imide groups is 1. The Labute approximate surface area is 235 Å². The Hall–Kier alpha value is -5.24. The van der Waals surface area contributed by atoms with Crippen LogP contribution in [0.15, 0.2) is 91.0 Å². The molecule has 0 atom stereocenters. The number of hydroxylamine groups is 2. The molecular weight excluding hydrogens is 520 g/mol. The molecule has 8 heteroatoms. The lowest BCUT2D eigenvalue weighted by Gasteiger charge is -2.29. The van der Waals surface area contributed by atoms with Crippen LogP contribution in [0.25, 0.3) is 11.1 Å². The van der Waals surface area contributed by atoms with Crippen LogP contribution in [0.1, 0.15) is 59.2 Å². The zero-order valence-electron chi connectivity index (χ0n) is 21.9. The molecule has 41 heavy (non-hydrogen) atoms. The van der Waals surface area contributed by atoms with Crippen LogP contribution in [0.2, 0.25) is 0 Å². The molecular formula is C33H24N2O6. The number of rotatable bonds is 4. The van der Waals surface area contributed by atoms with E-state index >= 15 is 0 Å². The molecule has 4 aromatic rings. The summed E-state index contributed by atoms with van der Waals surface area (Å²) < 4.78 is 5.83. The highest BCUT2D eigenvalue weighted by Gasteiger charge is 2.39. The Morgan fingerprint density at radius 1 is 0.732 bits per heavy atom. The van der Waals surface area contributed by atoms with Gasteiger partial charge in [-0.1, -0.05) is 71.8 Å². The SMILES string of the molecule is O=C(ON1C(=O)c2ccccc2C1=O)c1ccc2c(c1)CN(C(=O)OCC1c3ccccc3-c3ccccc31)CC2. The first-order chi connectivity index (χ1) is 20.0. The van der Waals surface area contributed by atoms with E-state index in [0.717, 1.165) is 33.4 Å². The lowest BCUT2D eigenvalue weighted by molar-refractivity contribution is -0.0584. The van der Waals surface area contributed by atoms with Crippen molar-refractivity contribution in [3.05, 3.63) is 130 Å². The van der Waals surface area contributed by atoms with E-state index in [4.69, 9.17) is 9.57 Å². The third-order valence-electron chi connectivity index (χ3n) is 7.98. The average molecular weight is 545 g/mol. The van der Waals surface area contributed by atoms with Crippen molar-refractivity contribution in [2.24, 2.45) is 0 Å². The summed E-state index contributed by atoms with van der Waals surface area (Å²) in [6.45, 7) is 0.978. The second kappa shape index (κ2) is 9.75. The molecule has 0 aromatic heterocycles. The summed E-state index contributed by atoms with van der Waals surface area (Å²) in [5.74, 6) is -2.23. The van der Waals surface area contributed by atoms with Gasteiger partial charge in [0.15, 0.2) is 0 Å². The standard InChI is InChI=1S/C33H24N2O6/c36-30-27-11-5-6-12-28(27)31(37)35(30)41-32(38)21-14-13-20-15-16-34(18-22(20)17-21)33(39)40-19-29-25-9-3-1-7-23(25)24-8-2-4-10-26(24)29/h1-14,17,29H,15-16,18-19H2. The van der Waals surface area contributed by atoms with Gasteiger partial charge in [-0.05, 0) is 64.1 Å². The van der Waals surface area contributed by atoms with Gasteiger partial charge in [-0.2, -0.15) is 0 Å². The first-order valence-electron chi connectivity index (χ1n) is 13.4. The average Bonchev–Trinajstić information content (AvgIpc) is 3.46. The molecule has 3 aliphatic rings. The first kappa shape index (κ1) is 24.8. The van der Waals surface area contributed by atoms with Crippen LogP contribution in [0, 0.1) is 0 Å². The van der Waals surface area contributed by atoms with Crippen molar-refractivity contribution in [3.8, 4) is 11.1 Å². The van der Waals surface area contributed by atoms with E-state index in [0.29, 0.717) is 18.0 Å². The topological polar surface area (TPSA) is 93.2 Å². The summed E-state index contributed by atoms with van der Waals surface area (Å²) in [5, 5.41) is 0.495. The molecule has 0 N–H and O–H groups in total. The monoisotopic (exact) mass is 544 g/mol. The van der Waals surface area contributed by atoms with Gasteiger partial charge in [-0.3, -0.25) is 9.59 Å². The van der Waals surface area contributed by atoms with Crippen molar-refractivity contribution in [2.45, 2.75) is 18.9 Å². The lowest BCUT2D eigenvalue weighted by atomic mass is 9.97. The molecule has 0 saturated carbocycles. The lowest BCUT2D eigenvalue weighted by Crippen LogP contribution is -2.37. The maximum Gasteiger partial charge on any atom is 0.410 e. The quantitative estimate of drug-likeness (QED) is 0.321. The summed E-state index contributed by atoms with van der Waals surface area (Å²) in [5.41, 5.74) is 6.96. The van der Waals surface area contributed by atoms with E-state index in [-0.39, 0.29) is 35.8 Å². The van der Waals surface area contributed by atoms with Gasteiger partial charge in [0.25, 0.3) is 11.8 Å². The number of hydrogen-bond acceptors (Lipinski definition) is 6. The number of fused-ring (bicyclic) bond motifs is 5. The van der Waals surface area contributed by atoms with E-state index in [9.17, 15) is 19.2 Å². The predicted octanol–water partition coefficient (Wildman–Crippen LogP) is 5.36. The normalized spacial score (nSPS) is 15.2. The fourth-order valence-electron chi connectivity index (χ4n) is 5.91. The minimum absolute atomic E-state index is 0.0352. The molecule has 2 heterocycles. The van der Waals surface area contributed by atoms with Crippen LogP contribution in [-0.4, -0.2) is 47.0 Å². The third-order valence-corrected chi connectivity index (χ3v) is 7.98. The summed E-state index contributed by atoms with van der Waals surface area (Å²) in [6, 6.07) is 27.7. The fourth-order valence-corrected chi connectivity index (χ4v) is 5.91. The molecule has 1 aliphatic carbocycles. The highest BCUT2D eigenvalue weighted by atomic mass is 16.7. The van der Waals surface area contributed by atoms with Crippen LogP contribution in [0.5, 0.6) is 0 Å². The summed E-state index contributed by atoms with van der Waals surface area (Å²) in [7, 11) is 0. The van der Waals surface area contributed by atoms with E-state index in [1.54, 1.807) is 29.2 Å². The molecule has 0 saturated heterocycles. The zero-order valence-corrected chi connectivity index (χ0v) is 21.9. The van der Waals surface area contributed by atoms with Gasteiger partial charge >= 0.3 is 12.1 Å². The zero-order chi connectivity index (χ0) is 28.1. The molecule has 3 amide bonds. The number of hydrogen-bond donors (Lipinski definition) is 0. The van der Waals surface area contributed by atoms with Gasteiger partial charge in [0.1, 0.15) is 6.61 Å². The van der Waals surface area contributed by atoms with E-state index in [2.05, 4.69) is 24.3 Å². The highest BCUT2D eigenvalue weighted by Crippen LogP contribution is 2.44. The van der Waals surface area contributed by atoms with Crippen molar-refractivity contribution in [2.75, 3.05) is 13.2 Å². The Kier molecular flexibility index (Phi) is 5.89. The summed E-state index contributed by atoms with van der Waals surface area (Å²) in [6.07, 6.45) is 0.185. The maximum absolute atomic E-state index is 13.1. The maximum atomic E-state index is 13.1. The van der Waals surface area contributed by atoms with Crippen LogP contribution in [0.4, 0.5) is 4.79 Å². The number of carbonyl (C=O) groups is 4. The van der Waals surface area contributed by atoms with Crippen LogP contribution in [-0.2, 0) is 22.5 Å². The van der Waals surface area contributed by atoms with Crippen molar-refractivity contribution in [1.82, 2.24) is 9.96 Å². The number of nitrogens with zero attached hydrogens (tertiary/aromatic N) is 2. The fraction of sp³-hybridized carbons (Fsp3) is 0.152. The summed E-state index contributed by atoms with van der Waals surface area (Å²) in [4.78, 5) is 58.1. The van der Waals surface area contributed by atoms with E-state index in [1.165, 1.54) is 12.1 Å². The van der Waals surface area contributed by atoms with E-state index in [1.807, 2.05) is 30.3 Å². The van der Waals surface area contributed by atoms with Crippen molar-refractivity contribution >= 4 is 23.9 Å². The van der Waals surface area contributed by atoms with Crippen LogP contribution in [0.3, 0.4) is 0 Å². The first-order valence-corrected chi connectivity index (χ1v) is 13.4. The van der Waals surface area contributed by atoms with Gasteiger partial charge < -0.3 is 14.5 Å². The largest absolute Gasteiger partial charge is 0.448 e. The summed E-state index contributed by atoms with van der Waals surface area (Å²) >= 11 is 0.